The Morgan fingerprint density at radius 2 is 2.09 bits per heavy atom. The predicted molar refractivity (Wildman–Crippen MR) is 94.6 cm³/mol. The lowest BCUT2D eigenvalue weighted by Gasteiger charge is -2.34. The Balaban J connectivity index is 2.11. The van der Waals surface area contributed by atoms with Crippen molar-refractivity contribution in [3.05, 3.63) is 58.3 Å². The van der Waals surface area contributed by atoms with Gasteiger partial charge in [0.25, 0.3) is 0 Å². The number of hydrogen-bond donors (Lipinski definition) is 1. The molecule has 1 aromatic carbocycles. The molecule has 0 spiro atoms. The Labute approximate surface area is 141 Å². The van der Waals surface area contributed by atoms with Gasteiger partial charge < -0.3 is 10.6 Å². The average Bonchev–Trinajstić information content (AvgIpc) is 2.54. The molecule has 0 saturated heterocycles. The van der Waals surface area contributed by atoms with E-state index in [1.165, 1.54) is 0 Å². The number of nitrogens with zero attached hydrogens (tertiary/aromatic N) is 3. The third-order valence-corrected chi connectivity index (χ3v) is 4.25. The highest BCUT2D eigenvalue weighted by Gasteiger charge is 2.26. The Hall–Kier alpha value is -1.91. The summed E-state index contributed by atoms with van der Waals surface area (Å²) < 4.78 is 0. The summed E-state index contributed by atoms with van der Waals surface area (Å²) in [6.45, 7) is 4.34. The van der Waals surface area contributed by atoms with E-state index in [9.17, 15) is 0 Å². The number of rotatable bonds is 4. The molecule has 0 radical (unpaired) electrons. The van der Waals surface area contributed by atoms with E-state index in [4.69, 9.17) is 22.3 Å². The molecule has 1 aliphatic heterocycles. The van der Waals surface area contributed by atoms with Crippen LogP contribution in [0.2, 0.25) is 5.02 Å². The number of hydrogen-bond acceptors (Lipinski definition) is 4. The van der Waals surface area contributed by atoms with Gasteiger partial charge in [0.05, 0.1) is 22.3 Å². The van der Waals surface area contributed by atoms with Gasteiger partial charge in [-0.2, -0.15) is 0 Å². The maximum atomic E-state index is 6.46. The van der Waals surface area contributed by atoms with Gasteiger partial charge in [0.2, 0.25) is 0 Å². The first-order chi connectivity index (χ1) is 11.1. The molecular formula is C18H21ClN4. The molecule has 0 bridgehead atoms. The summed E-state index contributed by atoms with van der Waals surface area (Å²) in [6.07, 6.45) is 6.35. The van der Waals surface area contributed by atoms with Crippen molar-refractivity contribution in [2.75, 3.05) is 4.90 Å². The lowest BCUT2D eigenvalue weighted by Crippen LogP contribution is -2.51. The monoisotopic (exact) mass is 328 g/mol. The van der Waals surface area contributed by atoms with Crippen molar-refractivity contribution in [1.29, 1.82) is 0 Å². The minimum absolute atomic E-state index is 0.0708. The van der Waals surface area contributed by atoms with Gasteiger partial charge in [-0.05, 0) is 36.6 Å². The van der Waals surface area contributed by atoms with Crippen LogP contribution in [0.15, 0.2) is 47.7 Å². The van der Waals surface area contributed by atoms with Crippen LogP contribution in [0.5, 0.6) is 0 Å². The van der Waals surface area contributed by atoms with E-state index < -0.39 is 0 Å². The summed E-state index contributed by atoms with van der Waals surface area (Å²) in [5.74, 6) is 0.511. The molecule has 2 atom stereocenters. The first-order valence-electron chi connectivity index (χ1n) is 7.84. The molecule has 0 aliphatic carbocycles. The highest BCUT2D eigenvalue weighted by molar-refractivity contribution is 6.30. The number of pyridine rings is 1. The zero-order valence-electron chi connectivity index (χ0n) is 13.4. The molecule has 2 N–H and O–H groups in total. The van der Waals surface area contributed by atoms with Gasteiger partial charge in [0.1, 0.15) is 6.17 Å². The summed E-state index contributed by atoms with van der Waals surface area (Å²) in [5, 5.41) is 2.50. The molecular weight excluding hydrogens is 308 g/mol. The van der Waals surface area contributed by atoms with E-state index >= 15 is 0 Å². The quantitative estimate of drug-likeness (QED) is 0.937. The van der Waals surface area contributed by atoms with Crippen LogP contribution in [-0.2, 0) is 0 Å². The van der Waals surface area contributed by atoms with Crippen LogP contribution in [-0.4, -0.2) is 17.2 Å². The third kappa shape index (κ3) is 3.38. The van der Waals surface area contributed by atoms with Gasteiger partial charge in [0, 0.05) is 23.7 Å². The molecule has 2 aromatic rings. The van der Waals surface area contributed by atoms with Gasteiger partial charge in [0.15, 0.2) is 0 Å². The highest BCUT2D eigenvalue weighted by Crippen LogP contribution is 2.22. The molecule has 120 valence electrons. The molecule has 1 unspecified atom stereocenters. The molecule has 0 amide bonds. The van der Waals surface area contributed by atoms with Gasteiger partial charge in [-0.3, -0.25) is 9.98 Å². The van der Waals surface area contributed by atoms with E-state index in [2.05, 4.69) is 23.7 Å². The first-order valence-corrected chi connectivity index (χ1v) is 8.22. The summed E-state index contributed by atoms with van der Waals surface area (Å²) in [7, 11) is 0. The summed E-state index contributed by atoms with van der Waals surface area (Å²) in [5.41, 5.74) is 7.43. The van der Waals surface area contributed by atoms with E-state index in [1.54, 1.807) is 6.20 Å². The van der Waals surface area contributed by atoms with Crippen molar-refractivity contribution in [3.63, 3.8) is 0 Å². The van der Waals surface area contributed by atoms with E-state index in [-0.39, 0.29) is 12.2 Å². The molecule has 2 heterocycles. The maximum Gasteiger partial charge on any atom is 0.140 e. The van der Waals surface area contributed by atoms with Crippen LogP contribution in [0.3, 0.4) is 0 Å². The van der Waals surface area contributed by atoms with Crippen molar-refractivity contribution in [2.24, 2.45) is 16.6 Å². The standard InChI is InChI=1S/C18H21ClN4/c1-12(2)9-16(20)18-22-17-7-3-6-15(19)14(17)11-23(18)13-5-4-8-21-10-13/h3-8,10-12,16,18H,9,20H2,1-2H3/t16?,18-/m1/s1. The minimum atomic E-state index is -0.160. The lowest BCUT2D eigenvalue weighted by atomic mass is 10.0. The van der Waals surface area contributed by atoms with Crippen LogP contribution in [0.1, 0.15) is 20.3 Å². The third-order valence-electron chi connectivity index (χ3n) is 3.93. The normalized spacial score (nSPS) is 18.1. The average molecular weight is 329 g/mol. The largest absolute Gasteiger partial charge is 0.324 e. The second-order valence-corrected chi connectivity index (χ2v) is 6.66. The predicted octanol–water partition coefficient (Wildman–Crippen LogP) is 2.31. The van der Waals surface area contributed by atoms with Crippen LogP contribution >= 0.6 is 11.6 Å². The molecule has 1 aromatic heterocycles. The van der Waals surface area contributed by atoms with Gasteiger partial charge in [-0.1, -0.05) is 31.5 Å². The number of anilines is 1. The molecule has 1 aliphatic rings. The Bertz CT molecular complexity index is 788. The van der Waals surface area contributed by atoms with Gasteiger partial charge >= 0.3 is 0 Å². The van der Waals surface area contributed by atoms with E-state index in [1.807, 2.05) is 42.7 Å². The number of aromatic nitrogens is 1. The molecule has 5 heteroatoms. The molecule has 0 fully saturated rings. The second-order valence-electron chi connectivity index (χ2n) is 6.26. The van der Waals surface area contributed by atoms with Crippen LogP contribution in [0, 0.1) is 5.92 Å². The fraction of sp³-hybridized carbons (Fsp3) is 0.333. The molecule has 23 heavy (non-hydrogen) atoms. The molecule has 4 nitrogen and oxygen atoms in total. The smallest absolute Gasteiger partial charge is 0.140 e. The molecule has 0 saturated carbocycles. The van der Waals surface area contributed by atoms with Crippen molar-refractivity contribution in [3.8, 4) is 0 Å². The minimum Gasteiger partial charge on any atom is -0.324 e. The number of benzene rings is 1. The SMILES string of the molecule is CC(C)CC(N)[C@@H]1N=c2cccc(Cl)c2=CN1c1cccnc1. The Kier molecular flexibility index (Phi) is 4.64. The summed E-state index contributed by atoms with van der Waals surface area (Å²) in [6, 6.07) is 9.63. The number of nitrogens with two attached hydrogens (primary N) is 1. The van der Waals surface area contributed by atoms with Crippen molar-refractivity contribution < 1.29 is 0 Å². The highest BCUT2D eigenvalue weighted by atomic mass is 35.5. The van der Waals surface area contributed by atoms with Crippen molar-refractivity contribution in [1.82, 2.24) is 4.98 Å². The van der Waals surface area contributed by atoms with Crippen molar-refractivity contribution in [2.45, 2.75) is 32.5 Å². The second kappa shape index (κ2) is 6.69. The first kappa shape index (κ1) is 16.0. The number of halogens is 1. The fourth-order valence-electron chi connectivity index (χ4n) is 2.89. The van der Waals surface area contributed by atoms with Crippen LogP contribution in [0.25, 0.3) is 6.20 Å². The lowest BCUT2D eigenvalue weighted by molar-refractivity contribution is 0.430. The zero-order valence-corrected chi connectivity index (χ0v) is 14.1. The molecule has 3 rings (SSSR count). The van der Waals surface area contributed by atoms with Crippen molar-refractivity contribution >= 4 is 23.5 Å². The topological polar surface area (TPSA) is 54.5 Å². The maximum absolute atomic E-state index is 6.46. The van der Waals surface area contributed by atoms with Gasteiger partial charge in [-0.25, -0.2) is 0 Å². The summed E-state index contributed by atoms with van der Waals surface area (Å²) >= 11 is 6.34. The zero-order chi connectivity index (χ0) is 16.4. The van der Waals surface area contributed by atoms with Crippen LogP contribution in [0.4, 0.5) is 5.69 Å². The van der Waals surface area contributed by atoms with E-state index in [0.29, 0.717) is 10.9 Å². The Morgan fingerprint density at radius 3 is 2.78 bits per heavy atom. The van der Waals surface area contributed by atoms with Crippen LogP contribution < -0.4 is 21.2 Å². The van der Waals surface area contributed by atoms with E-state index in [0.717, 1.165) is 22.7 Å². The fourth-order valence-corrected chi connectivity index (χ4v) is 3.11. The number of fused-ring (bicyclic) bond motifs is 1. The Morgan fingerprint density at radius 1 is 1.26 bits per heavy atom. The van der Waals surface area contributed by atoms with Gasteiger partial charge in [-0.15, -0.1) is 0 Å². The summed E-state index contributed by atoms with van der Waals surface area (Å²) in [4.78, 5) is 11.2.